The Bertz CT molecular complexity index is 952. The van der Waals surface area contributed by atoms with Gasteiger partial charge in [0.25, 0.3) is 0 Å². The number of carbonyl (C=O) groups is 2. The molecule has 190 valence electrons. The van der Waals surface area contributed by atoms with Crippen LogP contribution in [0.25, 0.3) is 0 Å². The Balaban J connectivity index is 1.70. The van der Waals surface area contributed by atoms with Crippen LogP contribution in [-0.4, -0.2) is 53.0 Å². The highest BCUT2D eigenvalue weighted by molar-refractivity contribution is 6.70. The van der Waals surface area contributed by atoms with E-state index in [1.165, 1.54) is 7.11 Å². The number of hydrogen-bond donors (Lipinski definition) is 0. The van der Waals surface area contributed by atoms with Crippen molar-refractivity contribution in [2.24, 2.45) is 28.6 Å². The minimum Gasteiger partial charge on any atom is -0.469 e. The van der Waals surface area contributed by atoms with Gasteiger partial charge in [0.1, 0.15) is 5.60 Å². The van der Waals surface area contributed by atoms with Gasteiger partial charge in [0.2, 0.25) is 0 Å². The number of hydrogen-bond acceptors (Lipinski definition) is 6. The van der Waals surface area contributed by atoms with Gasteiger partial charge in [-0.2, -0.15) is 0 Å². The van der Waals surface area contributed by atoms with E-state index in [9.17, 15) is 9.59 Å². The predicted molar refractivity (Wildman–Crippen MR) is 134 cm³/mol. The number of methoxy groups -OCH3 is 1. The van der Waals surface area contributed by atoms with E-state index >= 15 is 0 Å². The average Bonchev–Trinajstić information content (AvgIpc) is 3.12. The van der Waals surface area contributed by atoms with Gasteiger partial charge in [-0.05, 0) is 95.7 Å². The van der Waals surface area contributed by atoms with Crippen molar-refractivity contribution in [3.63, 3.8) is 0 Å². The van der Waals surface area contributed by atoms with Crippen molar-refractivity contribution in [2.45, 2.75) is 102 Å². The van der Waals surface area contributed by atoms with Crippen LogP contribution in [0.15, 0.2) is 12.2 Å². The van der Waals surface area contributed by atoms with Gasteiger partial charge in [0.05, 0.1) is 30.1 Å². The van der Waals surface area contributed by atoms with E-state index in [0.717, 1.165) is 37.7 Å². The molecule has 0 aromatic rings. The summed E-state index contributed by atoms with van der Waals surface area (Å²) >= 11 is 0. The van der Waals surface area contributed by atoms with Gasteiger partial charge in [-0.3, -0.25) is 9.59 Å². The molecular weight excluding hydrogens is 464 g/mol. The molecule has 0 N–H and O–H groups in total. The Labute approximate surface area is 206 Å². The van der Waals surface area contributed by atoms with E-state index in [2.05, 4.69) is 45.9 Å². The molecule has 0 amide bonds. The number of ether oxygens (including phenoxy) is 2. The van der Waals surface area contributed by atoms with Crippen molar-refractivity contribution in [1.82, 2.24) is 0 Å². The zero-order valence-electron chi connectivity index (χ0n) is 22.2. The maximum atomic E-state index is 13.7. The van der Waals surface area contributed by atoms with E-state index in [-0.39, 0.29) is 35.3 Å². The molecular formula is C26H42O6Si2. The molecule has 8 atom stereocenters. The summed E-state index contributed by atoms with van der Waals surface area (Å²) < 4.78 is 25.7. The van der Waals surface area contributed by atoms with Crippen molar-refractivity contribution in [1.29, 1.82) is 0 Å². The molecule has 1 heterocycles. The Kier molecular flexibility index (Phi) is 5.14. The van der Waals surface area contributed by atoms with Crippen molar-refractivity contribution in [3.05, 3.63) is 12.2 Å². The fourth-order valence-electron chi connectivity index (χ4n) is 9.00. The summed E-state index contributed by atoms with van der Waals surface area (Å²) in [5.41, 5.74) is -1.14. The van der Waals surface area contributed by atoms with Gasteiger partial charge in [0, 0.05) is 11.8 Å². The molecule has 5 aliphatic rings. The smallest absolute Gasteiger partial charge is 0.312 e. The first-order valence-electron chi connectivity index (χ1n) is 12.9. The highest BCUT2D eigenvalue weighted by atomic mass is 28.4. The van der Waals surface area contributed by atoms with Gasteiger partial charge in [-0.1, -0.05) is 6.58 Å². The molecule has 5 fully saturated rings. The lowest BCUT2D eigenvalue weighted by molar-refractivity contribution is -0.174. The second-order valence-corrected chi connectivity index (χ2v) is 22.8. The molecule has 0 aromatic carbocycles. The summed E-state index contributed by atoms with van der Waals surface area (Å²) in [6.45, 7) is 19.8. The largest absolute Gasteiger partial charge is 0.469 e. The summed E-state index contributed by atoms with van der Waals surface area (Å²) in [7, 11) is -2.33. The Hall–Kier alpha value is -0.966. The second-order valence-electron chi connectivity index (χ2n) is 13.9. The zero-order chi connectivity index (χ0) is 25.1. The first kappa shape index (κ1) is 24.7. The summed E-state index contributed by atoms with van der Waals surface area (Å²) in [6, 6.07) is 0. The van der Waals surface area contributed by atoms with Crippen LogP contribution in [0.2, 0.25) is 39.3 Å². The first-order valence-corrected chi connectivity index (χ1v) is 19.7. The monoisotopic (exact) mass is 506 g/mol. The number of carbonyl (C=O) groups excluding carboxylic acids is 2. The minimum absolute atomic E-state index is 0.0409. The molecule has 8 heteroatoms. The molecule has 8 unspecified atom stereocenters. The standard InChI is InChI=1S/C26H42O6Si2/c1-16-14-24-15-25(16,32-34(7,8)9)13-10-17(24)26-18(31-33(4,5)6)11-12-23(2,22(28)30-26)20(26)19(24)21(27)29-3/h17-20H,1,10-15H2,2-9H3. The molecule has 34 heavy (non-hydrogen) atoms. The fourth-order valence-corrected chi connectivity index (χ4v) is 11.7. The maximum absolute atomic E-state index is 13.7. The highest BCUT2D eigenvalue weighted by Crippen LogP contribution is 2.79. The first-order chi connectivity index (χ1) is 15.5. The predicted octanol–water partition coefficient (Wildman–Crippen LogP) is 5.06. The maximum Gasteiger partial charge on any atom is 0.312 e. The minimum atomic E-state index is -1.94. The normalized spacial score (nSPS) is 47.3. The zero-order valence-corrected chi connectivity index (χ0v) is 24.2. The van der Waals surface area contributed by atoms with Crippen molar-refractivity contribution in [3.8, 4) is 0 Å². The SMILES string of the molecule is C=C1CC23CC1(O[Si](C)(C)C)CCC2C12OC(=O)C(C)(CCC1O[Si](C)(C)C)C2C3C(=O)OC. The van der Waals surface area contributed by atoms with E-state index in [1.807, 2.05) is 6.92 Å². The van der Waals surface area contributed by atoms with Crippen molar-refractivity contribution in [2.75, 3.05) is 7.11 Å². The third kappa shape index (κ3) is 3.04. The Morgan fingerprint density at radius 2 is 1.76 bits per heavy atom. The van der Waals surface area contributed by atoms with Crippen LogP contribution in [0.3, 0.4) is 0 Å². The topological polar surface area (TPSA) is 71.1 Å². The Morgan fingerprint density at radius 3 is 2.35 bits per heavy atom. The molecule has 1 spiro atoms. The quantitative estimate of drug-likeness (QED) is 0.295. The average molecular weight is 507 g/mol. The van der Waals surface area contributed by atoms with E-state index in [1.54, 1.807) is 0 Å². The summed E-state index contributed by atoms with van der Waals surface area (Å²) in [6.07, 6.45) is 4.50. The van der Waals surface area contributed by atoms with Crippen LogP contribution in [0, 0.1) is 28.6 Å². The van der Waals surface area contributed by atoms with Gasteiger partial charge in [-0.25, -0.2) is 0 Å². The molecule has 1 saturated heterocycles. The number of rotatable bonds is 5. The molecule has 4 bridgehead atoms. The van der Waals surface area contributed by atoms with Crippen LogP contribution in [0.5, 0.6) is 0 Å². The van der Waals surface area contributed by atoms with E-state index in [4.69, 9.17) is 18.3 Å². The van der Waals surface area contributed by atoms with Gasteiger partial charge in [-0.15, -0.1) is 0 Å². The lowest BCUT2D eigenvalue weighted by atomic mass is 9.59. The fraction of sp³-hybridized carbons (Fsp3) is 0.846. The van der Waals surface area contributed by atoms with Crippen LogP contribution in [0.4, 0.5) is 0 Å². The molecule has 0 aromatic heterocycles. The summed E-state index contributed by atoms with van der Waals surface area (Å²) in [5, 5.41) is 0. The van der Waals surface area contributed by atoms with Crippen LogP contribution in [-0.2, 0) is 27.9 Å². The number of esters is 2. The summed E-state index contributed by atoms with van der Waals surface area (Å²) in [4.78, 5) is 27.2. The highest BCUT2D eigenvalue weighted by Gasteiger charge is 2.85. The lowest BCUT2D eigenvalue weighted by Gasteiger charge is -2.51. The molecule has 4 saturated carbocycles. The third-order valence-corrected chi connectivity index (χ3v) is 11.6. The molecule has 0 radical (unpaired) electrons. The van der Waals surface area contributed by atoms with Crippen molar-refractivity contribution >= 4 is 28.6 Å². The van der Waals surface area contributed by atoms with E-state index in [0.29, 0.717) is 6.42 Å². The number of fused-ring (bicyclic) bond motifs is 1. The van der Waals surface area contributed by atoms with Crippen molar-refractivity contribution < 1.29 is 27.9 Å². The molecule has 5 rings (SSSR count). The summed E-state index contributed by atoms with van der Waals surface area (Å²) in [5.74, 6) is -0.993. The second kappa shape index (κ2) is 7.08. The molecule has 6 nitrogen and oxygen atoms in total. The van der Waals surface area contributed by atoms with Crippen LogP contribution >= 0.6 is 0 Å². The van der Waals surface area contributed by atoms with Crippen LogP contribution < -0.4 is 0 Å². The van der Waals surface area contributed by atoms with Gasteiger partial charge < -0.3 is 18.3 Å². The molecule has 1 aliphatic heterocycles. The van der Waals surface area contributed by atoms with E-state index < -0.39 is 39.2 Å². The molecule has 4 aliphatic carbocycles. The van der Waals surface area contributed by atoms with Crippen LogP contribution in [0.1, 0.15) is 45.4 Å². The van der Waals surface area contributed by atoms with Gasteiger partial charge in [0.15, 0.2) is 16.6 Å². The third-order valence-electron chi connectivity index (χ3n) is 9.62. The lowest BCUT2D eigenvalue weighted by Crippen LogP contribution is -2.59. The van der Waals surface area contributed by atoms with Gasteiger partial charge >= 0.3 is 11.9 Å². The Morgan fingerprint density at radius 1 is 1.09 bits per heavy atom.